The summed E-state index contributed by atoms with van der Waals surface area (Å²) in [6.45, 7) is 3.77. The Kier molecular flexibility index (Phi) is 7.09. The monoisotopic (exact) mass is 470 g/mol. The number of carbonyl (C=O) groups excluding carboxylic acids is 2. The number of benzene rings is 1. The average Bonchev–Trinajstić information content (AvgIpc) is 3.20. The summed E-state index contributed by atoms with van der Waals surface area (Å²) in [5.41, 5.74) is 2.65. The van der Waals surface area contributed by atoms with Crippen LogP contribution in [0, 0.1) is 0 Å². The first kappa shape index (κ1) is 23.4. The van der Waals surface area contributed by atoms with Gasteiger partial charge in [-0.25, -0.2) is 9.79 Å². The Hall–Kier alpha value is -2.78. The number of carbonyl (C=O) groups is 2. The number of aliphatic imine (C=N–C) groups is 1. The minimum Gasteiger partial charge on any atom is -0.496 e. The SMILES string of the molecule is COC(=O)C1=C(C)N=C2SC=C(CC(=O)NC3CCN(C)CC3)N2[C@H]1c1ccccc1OC. The highest BCUT2D eigenvalue weighted by Gasteiger charge is 2.42. The second-order valence-corrected chi connectivity index (χ2v) is 9.28. The molecule has 0 aliphatic carbocycles. The number of esters is 1. The number of allylic oxidation sites excluding steroid dienone is 1. The molecule has 0 aromatic heterocycles. The summed E-state index contributed by atoms with van der Waals surface area (Å²) in [5, 5.41) is 5.86. The number of amides is 1. The van der Waals surface area contributed by atoms with E-state index in [9.17, 15) is 9.59 Å². The van der Waals surface area contributed by atoms with Crippen molar-refractivity contribution in [1.29, 1.82) is 0 Å². The third-order valence-electron chi connectivity index (χ3n) is 6.26. The summed E-state index contributed by atoms with van der Waals surface area (Å²) in [6, 6.07) is 7.28. The predicted molar refractivity (Wildman–Crippen MR) is 129 cm³/mol. The molecule has 0 saturated carbocycles. The Morgan fingerprint density at radius 1 is 1.21 bits per heavy atom. The summed E-state index contributed by atoms with van der Waals surface area (Å²) in [7, 11) is 5.07. The molecular weight excluding hydrogens is 440 g/mol. The second-order valence-electron chi connectivity index (χ2n) is 8.45. The molecule has 3 aliphatic rings. The van der Waals surface area contributed by atoms with Crippen molar-refractivity contribution in [3.63, 3.8) is 0 Å². The first-order valence-electron chi connectivity index (χ1n) is 11.1. The normalized spacial score (nSPS) is 21.3. The Morgan fingerprint density at radius 2 is 1.94 bits per heavy atom. The van der Waals surface area contributed by atoms with Crippen molar-refractivity contribution >= 4 is 28.8 Å². The number of methoxy groups -OCH3 is 2. The van der Waals surface area contributed by atoms with Gasteiger partial charge in [-0.05, 0) is 51.4 Å². The molecule has 1 saturated heterocycles. The lowest BCUT2D eigenvalue weighted by Crippen LogP contribution is -2.44. The molecule has 1 amide bonds. The van der Waals surface area contributed by atoms with Gasteiger partial charge < -0.3 is 24.6 Å². The van der Waals surface area contributed by atoms with Crippen LogP contribution >= 0.6 is 11.8 Å². The second kappa shape index (κ2) is 10.0. The van der Waals surface area contributed by atoms with Crippen molar-refractivity contribution in [3.05, 3.63) is 52.2 Å². The molecule has 9 heteroatoms. The van der Waals surface area contributed by atoms with E-state index in [0.717, 1.165) is 42.4 Å². The molecule has 1 atom stereocenters. The van der Waals surface area contributed by atoms with Gasteiger partial charge in [0.2, 0.25) is 5.91 Å². The van der Waals surface area contributed by atoms with Crippen molar-refractivity contribution in [2.24, 2.45) is 4.99 Å². The van der Waals surface area contributed by atoms with Crippen LogP contribution < -0.4 is 10.1 Å². The van der Waals surface area contributed by atoms with Gasteiger partial charge >= 0.3 is 5.97 Å². The number of likely N-dealkylation sites (tertiary alicyclic amines) is 1. The van der Waals surface area contributed by atoms with Crippen LogP contribution in [-0.2, 0) is 14.3 Å². The Balaban J connectivity index is 1.63. The molecule has 1 aromatic carbocycles. The quantitative estimate of drug-likeness (QED) is 0.640. The minimum absolute atomic E-state index is 0.0256. The maximum Gasteiger partial charge on any atom is 0.338 e. The fourth-order valence-electron chi connectivity index (χ4n) is 4.52. The van der Waals surface area contributed by atoms with Crippen LogP contribution in [0.25, 0.3) is 0 Å². The largest absolute Gasteiger partial charge is 0.496 e. The van der Waals surface area contributed by atoms with Gasteiger partial charge in [-0.1, -0.05) is 30.0 Å². The maximum atomic E-state index is 13.0. The molecule has 176 valence electrons. The number of rotatable bonds is 6. The van der Waals surface area contributed by atoms with Crippen LogP contribution in [0.3, 0.4) is 0 Å². The van der Waals surface area contributed by atoms with Crippen molar-refractivity contribution in [3.8, 4) is 5.75 Å². The summed E-state index contributed by atoms with van der Waals surface area (Å²) >= 11 is 1.46. The molecular formula is C24H30N4O4S. The molecule has 0 bridgehead atoms. The highest BCUT2D eigenvalue weighted by Crippen LogP contribution is 2.46. The number of amidine groups is 1. The number of hydrogen-bond acceptors (Lipinski definition) is 8. The van der Waals surface area contributed by atoms with E-state index >= 15 is 0 Å². The molecule has 0 radical (unpaired) electrons. The van der Waals surface area contributed by atoms with Gasteiger partial charge in [-0.15, -0.1) is 0 Å². The number of ether oxygens (including phenoxy) is 2. The molecule has 1 aromatic rings. The fourth-order valence-corrected chi connectivity index (χ4v) is 5.49. The Labute approximate surface area is 198 Å². The third kappa shape index (κ3) is 4.79. The fraction of sp³-hybridized carbons (Fsp3) is 0.458. The number of thioether (sulfide) groups is 1. The maximum absolute atomic E-state index is 13.0. The topological polar surface area (TPSA) is 83.5 Å². The van der Waals surface area contributed by atoms with Gasteiger partial charge in [0.05, 0.1) is 38.0 Å². The summed E-state index contributed by atoms with van der Waals surface area (Å²) in [4.78, 5) is 34.7. The zero-order valence-corrected chi connectivity index (χ0v) is 20.3. The number of fused-ring (bicyclic) bond motifs is 1. The van der Waals surface area contributed by atoms with Crippen LogP contribution in [0.2, 0.25) is 0 Å². The van der Waals surface area contributed by atoms with E-state index in [-0.39, 0.29) is 18.4 Å². The molecule has 0 unspecified atom stereocenters. The van der Waals surface area contributed by atoms with Gasteiger partial charge in [0, 0.05) is 17.3 Å². The summed E-state index contributed by atoms with van der Waals surface area (Å²) in [6.07, 6.45) is 2.10. The van der Waals surface area contributed by atoms with E-state index in [2.05, 4.69) is 22.3 Å². The molecule has 33 heavy (non-hydrogen) atoms. The molecule has 1 fully saturated rings. The van der Waals surface area contributed by atoms with Crippen LogP contribution in [0.1, 0.15) is 37.8 Å². The molecule has 8 nitrogen and oxygen atoms in total. The molecule has 3 heterocycles. The lowest BCUT2D eigenvalue weighted by Gasteiger charge is -2.36. The lowest BCUT2D eigenvalue weighted by atomic mass is 9.93. The smallest absolute Gasteiger partial charge is 0.338 e. The van der Waals surface area contributed by atoms with Crippen molar-refractivity contribution in [2.75, 3.05) is 34.4 Å². The number of nitrogens with zero attached hydrogens (tertiary/aromatic N) is 3. The summed E-state index contributed by atoms with van der Waals surface area (Å²) < 4.78 is 10.7. The zero-order valence-electron chi connectivity index (χ0n) is 19.5. The number of nitrogens with one attached hydrogen (secondary N) is 1. The number of para-hydroxylation sites is 1. The average molecular weight is 471 g/mol. The molecule has 4 rings (SSSR count). The van der Waals surface area contributed by atoms with Gasteiger partial charge in [0.1, 0.15) is 5.75 Å². The van der Waals surface area contributed by atoms with Gasteiger partial charge in [-0.3, -0.25) is 4.79 Å². The highest BCUT2D eigenvalue weighted by atomic mass is 32.2. The van der Waals surface area contributed by atoms with E-state index in [0.29, 0.717) is 17.0 Å². The van der Waals surface area contributed by atoms with Crippen LogP contribution in [0.15, 0.2) is 51.6 Å². The van der Waals surface area contributed by atoms with Crippen LogP contribution in [0.4, 0.5) is 0 Å². The number of piperidine rings is 1. The van der Waals surface area contributed by atoms with E-state index in [4.69, 9.17) is 9.47 Å². The lowest BCUT2D eigenvalue weighted by molar-refractivity contribution is -0.136. The van der Waals surface area contributed by atoms with Crippen LogP contribution in [-0.4, -0.2) is 67.2 Å². The van der Waals surface area contributed by atoms with Crippen LogP contribution in [0.5, 0.6) is 5.75 Å². The first-order valence-corrected chi connectivity index (χ1v) is 11.9. The van der Waals surface area contributed by atoms with E-state index in [1.807, 2.05) is 41.5 Å². The Morgan fingerprint density at radius 3 is 2.64 bits per heavy atom. The van der Waals surface area contributed by atoms with E-state index < -0.39 is 12.0 Å². The third-order valence-corrected chi connectivity index (χ3v) is 7.15. The zero-order chi connectivity index (χ0) is 23.5. The predicted octanol–water partition coefficient (Wildman–Crippen LogP) is 3.04. The van der Waals surface area contributed by atoms with Gasteiger partial charge in [0.25, 0.3) is 0 Å². The molecule has 1 N–H and O–H groups in total. The highest BCUT2D eigenvalue weighted by molar-refractivity contribution is 8.16. The van der Waals surface area contributed by atoms with Gasteiger partial charge in [0.15, 0.2) is 5.17 Å². The summed E-state index contributed by atoms with van der Waals surface area (Å²) in [5.74, 6) is 0.186. The minimum atomic E-state index is -0.501. The van der Waals surface area contributed by atoms with Crippen molar-refractivity contribution < 1.29 is 19.1 Å². The van der Waals surface area contributed by atoms with Crippen molar-refractivity contribution in [1.82, 2.24) is 15.1 Å². The molecule has 3 aliphatic heterocycles. The van der Waals surface area contributed by atoms with E-state index in [1.165, 1.54) is 18.9 Å². The van der Waals surface area contributed by atoms with Crippen molar-refractivity contribution in [2.45, 2.75) is 38.3 Å². The standard InChI is InChI=1S/C24H30N4O4S/c1-15-21(23(30)32-4)22(18-7-5-6-8-19(18)31-3)28-17(14-33-24(28)25-15)13-20(29)26-16-9-11-27(2)12-10-16/h5-8,14,16,22H,9-13H2,1-4H3,(H,26,29)/t22-/m0/s1. The first-order chi connectivity index (χ1) is 15.9. The van der Waals surface area contributed by atoms with E-state index in [1.54, 1.807) is 7.11 Å². The molecule has 0 spiro atoms. The Bertz CT molecular complexity index is 1030. The number of hydrogen-bond donors (Lipinski definition) is 1. The van der Waals surface area contributed by atoms with Gasteiger partial charge in [-0.2, -0.15) is 0 Å².